The average molecular weight is 387 g/mol. The van der Waals surface area contributed by atoms with Crippen molar-refractivity contribution in [1.82, 2.24) is 14.8 Å². The molecule has 8 heteroatoms. The number of fused-ring (bicyclic) bond motifs is 1. The fourth-order valence-corrected chi connectivity index (χ4v) is 3.08. The Hall–Kier alpha value is -4.07. The van der Waals surface area contributed by atoms with E-state index in [0.717, 1.165) is 16.5 Å². The number of non-ortho nitro benzene ring substituents is 1. The third-order valence-corrected chi connectivity index (χ3v) is 4.74. The lowest BCUT2D eigenvalue weighted by Crippen LogP contribution is -2.14. The van der Waals surface area contributed by atoms with Gasteiger partial charge < -0.3 is 5.32 Å². The van der Waals surface area contributed by atoms with Crippen molar-refractivity contribution in [2.75, 3.05) is 5.32 Å². The molecule has 29 heavy (non-hydrogen) atoms. The Kier molecular flexibility index (Phi) is 4.52. The maximum atomic E-state index is 12.8. The number of carbonyl (C=O) groups is 1. The minimum Gasteiger partial charge on any atom is -0.321 e. The highest BCUT2D eigenvalue weighted by Crippen LogP contribution is 2.23. The van der Waals surface area contributed by atoms with Crippen molar-refractivity contribution in [3.63, 3.8) is 0 Å². The molecule has 0 unspecified atom stereocenters. The fraction of sp³-hybridized carbons (Fsp3) is 0.0952. The molecule has 4 rings (SSSR count). The Labute approximate surface area is 166 Å². The first-order valence-corrected chi connectivity index (χ1v) is 8.91. The molecule has 4 aromatic rings. The second-order valence-electron chi connectivity index (χ2n) is 6.63. The molecule has 0 atom stereocenters. The van der Waals surface area contributed by atoms with Crippen LogP contribution in [-0.2, 0) is 0 Å². The van der Waals surface area contributed by atoms with E-state index >= 15 is 0 Å². The Morgan fingerprint density at radius 2 is 1.90 bits per heavy atom. The van der Waals surface area contributed by atoms with E-state index in [2.05, 4.69) is 15.4 Å². The third-order valence-electron chi connectivity index (χ3n) is 4.74. The van der Waals surface area contributed by atoms with Gasteiger partial charge in [-0.25, -0.2) is 9.67 Å². The van der Waals surface area contributed by atoms with Gasteiger partial charge in [0.25, 0.3) is 11.6 Å². The number of nitrogens with zero attached hydrogens (tertiary/aromatic N) is 4. The SMILES string of the molecule is Cc1ccc([N+](=O)[O-])cc1NC(=O)c1cnn(-c2ccc3ccccc3n2)c1C. The fourth-order valence-electron chi connectivity index (χ4n) is 3.08. The second-order valence-corrected chi connectivity index (χ2v) is 6.63. The molecule has 0 bridgehead atoms. The highest BCUT2D eigenvalue weighted by molar-refractivity contribution is 6.05. The largest absolute Gasteiger partial charge is 0.321 e. The first-order valence-electron chi connectivity index (χ1n) is 8.91. The van der Waals surface area contributed by atoms with Crippen LogP contribution in [-0.4, -0.2) is 25.6 Å². The van der Waals surface area contributed by atoms with Crippen LogP contribution in [0.1, 0.15) is 21.6 Å². The molecule has 0 radical (unpaired) electrons. The van der Waals surface area contributed by atoms with Gasteiger partial charge in [0.15, 0.2) is 5.82 Å². The van der Waals surface area contributed by atoms with Gasteiger partial charge in [0.2, 0.25) is 0 Å². The van der Waals surface area contributed by atoms with Crippen molar-refractivity contribution in [2.24, 2.45) is 0 Å². The van der Waals surface area contributed by atoms with Gasteiger partial charge in [-0.3, -0.25) is 14.9 Å². The molecular weight excluding hydrogens is 370 g/mol. The summed E-state index contributed by atoms with van der Waals surface area (Å²) in [5.74, 6) is 0.213. The Balaban J connectivity index is 1.65. The molecule has 1 amide bonds. The lowest BCUT2D eigenvalue weighted by atomic mass is 10.1. The minimum atomic E-state index is -0.496. The zero-order chi connectivity index (χ0) is 20.5. The van der Waals surface area contributed by atoms with Gasteiger partial charge in [0, 0.05) is 17.5 Å². The van der Waals surface area contributed by atoms with E-state index in [1.807, 2.05) is 36.4 Å². The normalized spacial score (nSPS) is 10.8. The molecule has 0 aliphatic rings. The van der Waals surface area contributed by atoms with Gasteiger partial charge in [-0.15, -0.1) is 0 Å². The first-order chi connectivity index (χ1) is 13.9. The molecular formula is C21H17N5O3. The zero-order valence-corrected chi connectivity index (χ0v) is 15.8. The summed E-state index contributed by atoms with van der Waals surface area (Å²) < 4.78 is 1.60. The second kappa shape index (κ2) is 7.16. The molecule has 0 spiro atoms. The van der Waals surface area contributed by atoms with Gasteiger partial charge in [0.05, 0.1) is 33.6 Å². The summed E-state index contributed by atoms with van der Waals surface area (Å²) in [6, 6.07) is 15.9. The summed E-state index contributed by atoms with van der Waals surface area (Å²) in [5, 5.41) is 19.1. The first kappa shape index (κ1) is 18.3. The smallest absolute Gasteiger partial charge is 0.271 e. The van der Waals surface area contributed by atoms with Crippen LogP contribution in [0.3, 0.4) is 0 Å². The average Bonchev–Trinajstić information content (AvgIpc) is 3.10. The number of aryl methyl sites for hydroxylation is 1. The van der Waals surface area contributed by atoms with Gasteiger partial charge in [-0.05, 0) is 37.6 Å². The molecule has 144 valence electrons. The van der Waals surface area contributed by atoms with Crippen LogP contribution < -0.4 is 5.32 Å². The summed E-state index contributed by atoms with van der Waals surface area (Å²) in [5.41, 5.74) is 2.85. The molecule has 1 N–H and O–H groups in total. The molecule has 2 aromatic carbocycles. The number of carbonyl (C=O) groups excluding carboxylic acids is 1. The van der Waals surface area contributed by atoms with Crippen LogP contribution in [0.5, 0.6) is 0 Å². The Morgan fingerprint density at radius 1 is 1.10 bits per heavy atom. The predicted molar refractivity (Wildman–Crippen MR) is 109 cm³/mol. The molecule has 0 saturated heterocycles. The Morgan fingerprint density at radius 3 is 2.69 bits per heavy atom. The highest BCUT2D eigenvalue weighted by atomic mass is 16.6. The van der Waals surface area contributed by atoms with E-state index < -0.39 is 10.8 Å². The molecule has 0 aliphatic heterocycles. The van der Waals surface area contributed by atoms with Crippen molar-refractivity contribution in [3.8, 4) is 5.82 Å². The quantitative estimate of drug-likeness (QED) is 0.418. The zero-order valence-electron chi connectivity index (χ0n) is 15.8. The van der Waals surface area contributed by atoms with E-state index in [0.29, 0.717) is 22.8 Å². The third kappa shape index (κ3) is 3.43. The monoisotopic (exact) mass is 387 g/mol. The summed E-state index contributed by atoms with van der Waals surface area (Å²) in [6.07, 6.45) is 1.47. The number of benzene rings is 2. The lowest BCUT2D eigenvalue weighted by molar-refractivity contribution is -0.384. The topological polar surface area (TPSA) is 103 Å². The maximum absolute atomic E-state index is 12.8. The van der Waals surface area contributed by atoms with Gasteiger partial charge >= 0.3 is 0 Å². The van der Waals surface area contributed by atoms with Crippen molar-refractivity contribution in [1.29, 1.82) is 0 Å². The number of amides is 1. The van der Waals surface area contributed by atoms with Crippen LogP contribution in [0.25, 0.3) is 16.7 Å². The van der Waals surface area contributed by atoms with E-state index in [-0.39, 0.29) is 5.69 Å². The van der Waals surface area contributed by atoms with Gasteiger partial charge in [0.1, 0.15) is 0 Å². The minimum absolute atomic E-state index is 0.0846. The van der Waals surface area contributed by atoms with Crippen LogP contribution in [0.15, 0.2) is 60.8 Å². The van der Waals surface area contributed by atoms with Crippen molar-refractivity contribution in [2.45, 2.75) is 13.8 Å². The number of hydrogen-bond donors (Lipinski definition) is 1. The summed E-state index contributed by atoms with van der Waals surface area (Å²) in [4.78, 5) is 27.9. The molecule has 0 aliphatic carbocycles. The maximum Gasteiger partial charge on any atom is 0.271 e. The molecule has 2 aromatic heterocycles. The number of para-hydroxylation sites is 1. The molecule has 0 fully saturated rings. The van der Waals surface area contributed by atoms with E-state index in [1.54, 1.807) is 24.6 Å². The predicted octanol–water partition coefficient (Wildman–Crippen LogP) is 4.20. The summed E-state index contributed by atoms with van der Waals surface area (Å²) >= 11 is 0. The number of nitrogens with one attached hydrogen (secondary N) is 1. The van der Waals surface area contributed by atoms with Crippen molar-refractivity contribution in [3.05, 3.63) is 87.7 Å². The van der Waals surface area contributed by atoms with Crippen molar-refractivity contribution >= 4 is 28.2 Å². The lowest BCUT2D eigenvalue weighted by Gasteiger charge is -2.09. The van der Waals surface area contributed by atoms with Crippen LogP contribution in [0.2, 0.25) is 0 Å². The number of aromatic nitrogens is 3. The number of pyridine rings is 1. The van der Waals surface area contributed by atoms with Crippen molar-refractivity contribution < 1.29 is 9.72 Å². The van der Waals surface area contributed by atoms with E-state index in [4.69, 9.17) is 0 Å². The molecule has 8 nitrogen and oxygen atoms in total. The summed E-state index contributed by atoms with van der Waals surface area (Å²) in [6.45, 7) is 3.55. The van der Waals surface area contributed by atoms with Gasteiger partial charge in [-0.2, -0.15) is 5.10 Å². The number of rotatable bonds is 4. The summed E-state index contributed by atoms with van der Waals surface area (Å²) in [7, 11) is 0. The molecule has 0 saturated carbocycles. The standard InChI is InChI=1S/C21H17N5O3/c1-13-7-9-16(26(28)29)11-19(13)24-21(27)17-12-22-25(14(17)2)20-10-8-15-5-3-4-6-18(15)23-20/h3-12H,1-2H3,(H,24,27). The van der Waals surface area contributed by atoms with E-state index in [1.165, 1.54) is 18.3 Å². The number of anilines is 1. The highest BCUT2D eigenvalue weighted by Gasteiger charge is 2.18. The van der Waals surface area contributed by atoms with Gasteiger partial charge in [-0.1, -0.05) is 24.3 Å². The Bertz CT molecular complexity index is 1260. The van der Waals surface area contributed by atoms with Crippen LogP contribution in [0.4, 0.5) is 11.4 Å². The molecule has 2 heterocycles. The van der Waals surface area contributed by atoms with Crippen LogP contribution >= 0.6 is 0 Å². The number of nitro groups is 1. The number of hydrogen-bond acceptors (Lipinski definition) is 5. The van der Waals surface area contributed by atoms with E-state index in [9.17, 15) is 14.9 Å². The van der Waals surface area contributed by atoms with Crippen LogP contribution in [0, 0.1) is 24.0 Å². The number of nitro benzene ring substituents is 1.